The zero-order valence-electron chi connectivity index (χ0n) is 12.9. The first-order valence-electron chi connectivity index (χ1n) is 7.04. The van der Waals surface area contributed by atoms with Crippen LogP contribution < -0.4 is 0 Å². The van der Waals surface area contributed by atoms with Crippen LogP contribution in [0.2, 0.25) is 0 Å². The van der Waals surface area contributed by atoms with E-state index >= 15 is 0 Å². The molecule has 11 heteroatoms. The third kappa shape index (κ3) is 3.02. The molecule has 136 valence electrons. The normalized spacial score (nSPS) is 25.6. The molecule has 0 amide bonds. The minimum absolute atomic E-state index is 0. The Kier molecular flexibility index (Phi) is 5.80. The van der Waals surface area contributed by atoms with Crippen LogP contribution in [0.15, 0.2) is 30.2 Å². The van der Waals surface area contributed by atoms with Gasteiger partial charge in [0.05, 0.1) is 17.8 Å². The fourth-order valence-electron chi connectivity index (χ4n) is 2.74. The first-order valence-corrected chi connectivity index (χ1v) is 7.92. The third-order valence-corrected chi connectivity index (χ3v) is 4.78. The Labute approximate surface area is 145 Å². The highest BCUT2D eigenvalue weighted by molar-refractivity contribution is 7.13. The second kappa shape index (κ2) is 7.49. The Morgan fingerprint density at radius 1 is 1.16 bits per heavy atom. The van der Waals surface area contributed by atoms with E-state index in [1.165, 1.54) is 12.7 Å². The van der Waals surface area contributed by atoms with E-state index in [4.69, 9.17) is 4.74 Å². The summed E-state index contributed by atoms with van der Waals surface area (Å²) in [6, 6.07) is 3.87. The van der Waals surface area contributed by atoms with Crippen molar-refractivity contribution in [3.63, 3.8) is 0 Å². The molecule has 1 aliphatic rings. The molecule has 10 nitrogen and oxygen atoms in total. The highest BCUT2D eigenvalue weighted by Crippen LogP contribution is 2.33. The van der Waals surface area contributed by atoms with E-state index in [-0.39, 0.29) is 17.6 Å². The molecule has 1 fully saturated rings. The van der Waals surface area contributed by atoms with Crippen LogP contribution in [-0.2, 0) is 4.74 Å². The average Bonchev–Trinajstić information content (AvgIpc) is 3.28. The molecule has 0 bridgehead atoms. The van der Waals surface area contributed by atoms with Crippen LogP contribution in [0.25, 0.3) is 21.7 Å². The van der Waals surface area contributed by atoms with Crippen LogP contribution in [0.4, 0.5) is 0 Å². The Hall–Kier alpha value is -1.99. The van der Waals surface area contributed by atoms with Crippen LogP contribution >= 0.6 is 11.3 Å². The smallest absolute Gasteiger partial charge is 0.166 e. The lowest BCUT2D eigenvalue weighted by atomic mass is 10.1. The Morgan fingerprint density at radius 3 is 2.60 bits per heavy atom. The standard InChI is InChI=1S/C14H14N4O4S.2H2O/c19-4-7-11(20)12(21)14(22-7)18-6-17-10-9(8-2-1-3-23-8)15-5-16-13(10)18;;/h1-3,5-7,11-12,14,19-21H,4H2;2*1H2/t7-,11-,12-,14-;;/m1../s1. The number of hydrogen-bond acceptors (Lipinski definition) is 8. The fraction of sp³-hybridized carbons (Fsp3) is 0.357. The van der Waals surface area contributed by atoms with Gasteiger partial charge in [0.25, 0.3) is 0 Å². The number of nitrogens with zero attached hydrogens (tertiary/aromatic N) is 4. The molecule has 25 heavy (non-hydrogen) atoms. The molecular formula is C14H18N4O6S. The van der Waals surface area contributed by atoms with Crippen molar-refractivity contribution in [2.24, 2.45) is 0 Å². The van der Waals surface area contributed by atoms with Crippen molar-refractivity contribution in [3.8, 4) is 10.6 Å². The number of fused-ring (bicyclic) bond motifs is 1. The number of imidazole rings is 1. The van der Waals surface area contributed by atoms with E-state index in [0.717, 1.165) is 4.88 Å². The van der Waals surface area contributed by atoms with Crippen molar-refractivity contribution in [1.29, 1.82) is 0 Å². The lowest BCUT2D eigenvalue weighted by Gasteiger charge is -2.16. The largest absolute Gasteiger partial charge is 0.412 e. The summed E-state index contributed by atoms with van der Waals surface area (Å²) < 4.78 is 7.09. The molecule has 1 saturated heterocycles. The van der Waals surface area contributed by atoms with E-state index in [0.29, 0.717) is 16.9 Å². The lowest BCUT2D eigenvalue weighted by Crippen LogP contribution is -2.33. The molecule has 3 aromatic heterocycles. The zero-order chi connectivity index (χ0) is 16.0. The van der Waals surface area contributed by atoms with Crippen molar-refractivity contribution >= 4 is 22.5 Å². The molecule has 0 saturated carbocycles. The molecule has 0 aromatic carbocycles. The van der Waals surface area contributed by atoms with Gasteiger partial charge in [0.1, 0.15) is 35.8 Å². The van der Waals surface area contributed by atoms with Gasteiger partial charge in [0.2, 0.25) is 0 Å². The minimum Gasteiger partial charge on any atom is -0.412 e. The number of rotatable bonds is 3. The van der Waals surface area contributed by atoms with Gasteiger partial charge in [0.15, 0.2) is 11.9 Å². The predicted octanol–water partition coefficient (Wildman–Crippen LogP) is -1.48. The van der Waals surface area contributed by atoms with Gasteiger partial charge >= 0.3 is 0 Å². The maximum Gasteiger partial charge on any atom is 0.166 e. The molecule has 0 spiro atoms. The summed E-state index contributed by atoms with van der Waals surface area (Å²) in [7, 11) is 0. The van der Waals surface area contributed by atoms with Crippen molar-refractivity contribution < 1.29 is 31.0 Å². The summed E-state index contributed by atoms with van der Waals surface area (Å²) in [5, 5.41) is 31.2. The van der Waals surface area contributed by atoms with Crippen molar-refractivity contribution in [3.05, 3.63) is 30.2 Å². The van der Waals surface area contributed by atoms with Crippen LogP contribution in [0, 0.1) is 0 Å². The summed E-state index contributed by atoms with van der Waals surface area (Å²) in [4.78, 5) is 13.8. The number of hydrogen-bond donors (Lipinski definition) is 3. The number of aliphatic hydroxyl groups is 3. The van der Waals surface area contributed by atoms with Crippen LogP contribution in [0.3, 0.4) is 0 Å². The summed E-state index contributed by atoms with van der Waals surface area (Å²) in [6.07, 6.45) is -1.12. The van der Waals surface area contributed by atoms with Crippen molar-refractivity contribution in [2.45, 2.75) is 24.5 Å². The second-order valence-corrected chi connectivity index (χ2v) is 6.20. The highest BCUT2D eigenvalue weighted by Gasteiger charge is 2.44. The third-order valence-electron chi connectivity index (χ3n) is 3.90. The fourth-order valence-corrected chi connectivity index (χ4v) is 3.46. The van der Waals surface area contributed by atoms with E-state index < -0.39 is 24.5 Å². The molecule has 0 radical (unpaired) electrons. The Bertz CT molecular complexity index is 826. The quantitative estimate of drug-likeness (QED) is 0.503. The maximum atomic E-state index is 10.2. The molecule has 3 aromatic rings. The van der Waals surface area contributed by atoms with E-state index in [1.54, 1.807) is 15.9 Å². The van der Waals surface area contributed by atoms with Gasteiger partial charge in [-0.2, -0.15) is 0 Å². The summed E-state index contributed by atoms with van der Waals surface area (Å²) in [5.41, 5.74) is 1.79. The minimum atomic E-state index is -1.18. The Morgan fingerprint density at radius 2 is 1.96 bits per heavy atom. The van der Waals surface area contributed by atoms with Crippen LogP contribution in [-0.4, -0.2) is 70.7 Å². The summed E-state index contributed by atoms with van der Waals surface area (Å²) >= 11 is 1.54. The molecule has 1 aliphatic heterocycles. The van der Waals surface area contributed by atoms with Gasteiger partial charge in [-0.15, -0.1) is 11.3 Å². The molecule has 7 N–H and O–H groups in total. The zero-order valence-corrected chi connectivity index (χ0v) is 13.7. The van der Waals surface area contributed by atoms with Gasteiger partial charge in [-0.1, -0.05) is 6.07 Å². The molecule has 4 atom stereocenters. The van der Waals surface area contributed by atoms with Crippen LogP contribution in [0.1, 0.15) is 6.23 Å². The number of aliphatic hydroxyl groups excluding tert-OH is 3. The number of thiophene rings is 1. The highest BCUT2D eigenvalue weighted by atomic mass is 32.1. The SMILES string of the molecule is O.O.OC[C@H]1O[C@@H](n2cnc3c(-c4cccs4)ncnc32)[C@H](O)[C@@H]1O. The lowest BCUT2D eigenvalue weighted by molar-refractivity contribution is -0.0511. The Balaban J connectivity index is 0.00000113. The first kappa shape index (κ1) is 19.3. The van der Waals surface area contributed by atoms with E-state index in [9.17, 15) is 15.3 Å². The van der Waals surface area contributed by atoms with Gasteiger partial charge in [-0.3, -0.25) is 4.57 Å². The number of aromatic nitrogens is 4. The van der Waals surface area contributed by atoms with E-state index in [1.807, 2.05) is 17.5 Å². The summed E-state index contributed by atoms with van der Waals surface area (Å²) in [6.45, 7) is -0.378. The van der Waals surface area contributed by atoms with Gasteiger partial charge < -0.3 is 31.0 Å². The van der Waals surface area contributed by atoms with E-state index in [2.05, 4.69) is 15.0 Å². The monoisotopic (exact) mass is 370 g/mol. The predicted molar refractivity (Wildman–Crippen MR) is 88.9 cm³/mol. The molecule has 0 unspecified atom stereocenters. The van der Waals surface area contributed by atoms with Crippen LogP contribution in [0.5, 0.6) is 0 Å². The number of ether oxygens (including phenoxy) is 1. The average molecular weight is 370 g/mol. The molecule has 4 rings (SSSR count). The first-order chi connectivity index (χ1) is 11.2. The summed E-state index contributed by atoms with van der Waals surface area (Å²) in [5.74, 6) is 0. The maximum absolute atomic E-state index is 10.2. The van der Waals surface area contributed by atoms with Gasteiger partial charge in [-0.05, 0) is 11.4 Å². The molecular weight excluding hydrogens is 352 g/mol. The molecule has 4 heterocycles. The second-order valence-electron chi connectivity index (χ2n) is 5.25. The molecule has 0 aliphatic carbocycles. The van der Waals surface area contributed by atoms with Gasteiger partial charge in [0, 0.05) is 0 Å². The van der Waals surface area contributed by atoms with Crippen molar-refractivity contribution in [1.82, 2.24) is 19.5 Å². The topological polar surface area (TPSA) is 177 Å². The van der Waals surface area contributed by atoms with Gasteiger partial charge in [-0.25, -0.2) is 15.0 Å². The van der Waals surface area contributed by atoms with Crippen molar-refractivity contribution in [2.75, 3.05) is 6.61 Å².